The zero-order valence-corrected chi connectivity index (χ0v) is 12.4. The lowest BCUT2D eigenvalue weighted by Gasteiger charge is -2.10. The number of fused-ring (bicyclic) bond motifs is 1. The lowest BCUT2D eigenvalue weighted by atomic mass is 10.2. The summed E-state index contributed by atoms with van der Waals surface area (Å²) in [5, 5.41) is 3.25. The van der Waals surface area contributed by atoms with E-state index in [9.17, 15) is 12.8 Å². The Kier molecular flexibility index (Phi) is 3.51. The Labute approximate surface area is 127 Å². The lowest BCUT2D eigenvalue weighted by Crippen LogP contribution is -2.13. The van der Waals surface area contributed by atoms with E-state index in [4.69, 9.17) is 11.6 Å². The van der Waals surface area contributed by atoms with Crippen molar-refractivity contribution < 1.29 is 12.8 Å². The van der Waals surface area contributed by atoms with Gasteiger partial charge in [0.15, 0.2) is 0 Å². The fraction of sp³-hybridized carbons (Fsp3) is 0.143. The molecule has 1 aliphatic heterocycles. The highest BCUT2D eigenvalue weighted by Gasteiger charge is 2.18. The van der Waals surface area contributed by atoms with Gasteiger partial charge in [0.05, 0.1) is 10.6 Å². The highest BCUT2D eigenvalue weighted by atomic mass is 35.5. The molecule has 1 aliphatic rings. The third kappa shape index (κ3) is 2.96. The molecule has 0 radical (unpaired) electrons. The quantitative estimate of drug-likeness (QED) is 0.910. The van der Waals surface area contributed by atoms with Crippen LogP contribution in [0.25, 0.3) is 0 Å². The first kappa shape index (κ1) is 14.2. The van der Waals surface area contributed by atoms with Crippen LogP contribution in [0.5, 0.6) is 0 Å². The van der Waals surface area contributed by atoms with Gasteiger partial charge in [-0.3, -0.25) is 4.72 Å². The minimum atomic E-state index is -3.78. The van der Waals surface area contributed by atoms with E-state index in [1.54, 1.807) is 12.1 Å². The first-order valence-corrected chi connectivity index (χ1v) is 8.16. The van der Waals surface area contributed by atoms with Crippen molar-refractivity contribution in [3.8, 4) is 0 Å². The molecule has 0 fully saturated rings. The van der Waals surface area contributed by atoms with Gasteiger partial charge < -0.3 is 5.32 Å². The molecule has 21 heavy (non-hydrogen) atoms. The summed E-state index contributed by atoms with van der Waals surface area (Å²) in [5.74, 6) is -0.601. The molecule has 0 aliphatic carbocycles. The summed E-state index contributed by atoms with van der Waals surface area (Å²) in [7, 11) is -3.78. The second-order valence-corrected chi connectivity index (χ2v) is 6.88. The summed E-state index contributed by atoms with van der Waals surface area (Å²) in [4.78, 5) is 0.121. The monoisotopic (exact) mass is 326 g/mol. The molecule has 0 spiro atoms. The number of halogens is 2. The maximum atomic E-state index is 13.3. The van der Waals surface area contributed by atoms with E-state index in [0.29, 0.717) is 0 Å². The van der Waals surface area contributed by atoms with Crippen LogP contribution in [0, 0.1) is 5.82 Å². The smallest absolute Gasteiger partial charge is 0.261 e. The molecule has 3 rings (SSSR count). The zero-order chi connectivity index (χ0) is 15.0. The average Bonchev–Trinajstić information content (AvgIpc) is 2.83. The SMILES string of the molecule is O=S(=O)(Nc1cc(F)cc(Cl)c1)c1ccc2c(c1)NCC2. The number of nitrogens with one attached hydrogen (secondary N) is 2. The largest absolute Gasteiger partial charge is 0.384 e. The summed E-state index contributed by atoms with van der Waals surface area (Å²) in [6.45, 7) is 0.797. The van der Waals surface area contributed by atoms with Gasteiger partial charge >= 0.3 is 0 Å². The van der Waals surface area contributed by atoms with Crippen molar-refractivity contribution in [2.45, 2.75) is 11.3 Å². The molecule has 0 bridgehead atoms. The van der Waals surface area contributed by atoms with Crippen molar-refractivity contribution in [1.29, 1.82) is 0 Å². The second-order valence-electron chi connectivity index (χ2n) is 4.76. The van der Waals surface area contributed by atoms with Crippen LogP contribution in [-0.2, 0) is 16.4 Å². The molecule has 7 heteroatoms. The van der Waals surface area contributed by atoms with Gasteiger partial charge in [-0.05, 0) is 42.3 Å². The van der Waals surface area contributed by atoms with Crippen LogP contribution in [0.2, 0.25) is 5.02 Å². The number of hydrogen-bond donors (Lipinski definition) is 2. The molecule has 0 unspecified atom stereocenters. The molecule has 2 aromatic rings. The highest BCUT2D eigenvalue weighted by Crippen LogP contribution is 2.27. The predicted octanol–water partition coefficient (Wildman–Crippen LogP) is 3.25. The van der Waals surface area contributed by atoms with Crippen molar-refractivity contribution in [3.63, 3.8) is 0 Å². The first-order chi connectivity index (χ1) is 9.94. The van der Waals surface area contributed by atoms with Crippen LogP contribution in [0.3, 0.4) is 0 Å². The highest BCUT2D eigenvalue weighted by molar-refractivity contribution is 7.92. The number of hydrogen-bond acceptors (Lipinski definition) is 3. The molecule has 4 nitrogen and oxygen atoms in total. The Morgan fingerprint density at radius 1 is 1.19 bits per heavy atom. The van der Waals surface area contributed by atoms with E-state index >= 15 is 0 Å². The van der Waals surface area contributed by atoms with Crippen molar-refractivity contribution in [2.75, 3.05) is 16.6 Å². The topological polar surface area (TPSA) is 58.2 Å². The maximum Gasteiger partial charge on any atom is 0.261 e. The van der Waals surface area contributed by atoms with Gasteiger partial charge in [0.2, 0.25) is 0 Å². The lowest BCUT2D eigenvalue weighted by molar-refractivity contribution is 0.601. The molecule has 110 valence electrons. The Bertz CT molecular complexity index is 788. The standard InChI is InChI=1S/C14H12ClFN2O2S/c15-10-5-11(16)7-12(6-10)18-21(19,20)13-2-1-9-3-4-17-14(9)8-13/h1-2,5-8,17-18H,3-4H2. The maximum absolute atomic E-state index is 13.3. The van der Waals surface area contributed by atoms with E-state index in [1.807, 2.05) is 0 Å². The van der Waals surface area contributed by atoms with Gasteiger partial charge in [-0.2, -0.15) is 0 Å². The van der Waals surface area contributed by atoms with Crippen LogP contribution in [0.4, 0.5) is 15.8 Å². The molecular weight excluding hydrogens is 315 g/mol. The van der Waals surface area contributed by atoms with Crippen molar-refractivity contribution in [1.82, 2.24) is 0 Å². The van der Waals surface area contributed by atoms with E-state index in [1.165, 1.54) is 12.1 Å². The van der Waals surface area contributed by atoms with Crippen LogP contribution >= 0.6 is 11.6 Å². The number of rotatable bonds is 3. The van der Waals surface area contributed by atoms with Crippen molar-refractivity contribution in [3.05, 3.63) is 52.8 Å². The number of anilines is 2. The van der Waals surface area contributed by atoms with Crippen molar-refractivity contribution in [2.24, 2.45) is 0 Å². The second kappa shape index (κ2) is 5.20. The minimum Gasteiger partial charge on any atom is -0.384 e. The first-order valence-electron chi connectivity index (χ1n) is 6.30. The molecule has 0 atom stereocenters. The van der Waals surface area contributed by atoms with Crippen molar-refractivity contribution >= 4 is 33.0 Å². The van der Waals surface area contributed by atoms with Crippen LogP contribution in [0.15, 0.2) is 41.3 Å². The van der Waals surface area contributed by atoms with E-state index in [2.05, 4.69) is 10.0 Å². The van der Waals surface area contributed by atoms with Gasteiger partial charge in [-0.15, -0.1) is 0 Å². The van der Waals surface area contributed by atoms with Crippen LogP contribution < -0.4 is 10.0 Å². The molecule has 0 amide bonds. The van der Waals surface area contributed by atoms with Gasteiger partial charge in [-0.25, -0.2) is 12.8 Å². The summed E-state index contributed by atoms with van der Waals surface area (Å²) in [6.07, 6.45) is 0.878. The Morgan fingerprint density at radius 3 is 2.76 bits per heavy atom. The Hall–Kier alpha value is -1.79. The van der Waals surface area contributed by atoms with E-state index < -0.39 is 15.8 Å². The molecular formula is C14H12ClFN2O2S. The van der Waals surface area contributed by atoms with Gasteiger partial charge in [-0.1, -0.05) is 17.7 Å². The molecule has 0 saturated heterocycles. The van der Waals surface area contributed by atoms with Gasteiger partial charge in [0, 0.05) is 17.3 Å². The predicted molar refractivity (Wildman–Crippen MR) is 80.9 cm³/mol. The van der Waals surface area contributed by atoms with Gasteiger partial charge in [0.1, 0.15) is 5.82 Å². The molecule has 2 N–H and O–H groups in total. The summed E-state index contributed by atoms with van der Waals surface area (Å²) >= 11 is 5.72. The summed E-state index contributed by atoms with van der Waals surface area (Å²) in [6, 6.07) is 8.44. The van der Waals surface area contributed by atoms with Crippen LogP contribution in [-0.4, -0.2) is 15.0 Å². The fourth-order valence-electron chi connectivity index (χ4n) is 2.26. The Morgan fingerprint density at radius 2 is 2.00 bits per heavy atom. The number of sulfonamides is 1. The molecule has 1 heterocycles. The zero-order valence-electron chi connectivity index (χ0n) is 10.9. The molecule has 0 aromatic heterocycles. The molecule has 2 aromatic carbocycles. The normalized spacial score (nSPS) is 13.6. The molecule has 0 saturated carbocycles. The van der Waals surface area contributed by atoms with E-state index in [-0.39, 0.29) is 15.6 Å². The minimum absolute atomic E-state index is 0.0912. The summed E-state index contributed by atoms with van der Waals surface area (Å²) in [5.41, 5.74) is 1.99. The third-order valence-electron chi connectivity index (χ3n) is 3.22. The fourth-order valence-corrected chi connectivity index (χ4v) is 3.55. The Balaban J connectivity index is 1.93. The summed E-state index contributed by atoms with van der Waals surface area (Å²) < 4.78 is 40.2. The van der Waals surface area contributed by atoms with E-state index in [0.717, 1.165) is 36.3 Å². The van der Waals surface area contributed by atoms with Crippen LogP contribution in [0.1, 0.15) is 5.56 Å². The number of benzene rings is 2. The van der Waals surface area contributed by atoms with Gasteiger partial charge in [0.25, 0.3) is 10.0 Å². The average molecular weight is 327 g/mol. The third-order valence-corrected chi connectivity index (χ3v) is 4.81.